The van der Waals surface area contributed by atoms with E-state index in [0.29, 0.717) is 28.9 Å². The largest absolute Gasteiger partial charge is 0.361 e. The Labute approximate surface area is 196 Å². The molecule has 3 aromatic heterocycles. The van der Waals surface area contributed by atoms with Crippen molar-refractivity contribution in [2.45, 2.75) is 67.4 Å². The number of aryl methyl sites for hydroxylation is 2. The Bertz CT molecular complexity index is 1040. The molecule has 3 aromatic rings. The molecule has 0 aromatic carbocycles. The number of rotatable bonds is 10. The average Bonchev–Trinajstić information content (AvgIpc) is 3.56. The third-order valence-corrected chi connectivity index (χ3v) is 7.20. The summed E-state index contributed by atoms with van der Waals surface area (Å²) in [4.78, 5) is 17.2. The molecule has 1 fully saturated rings. The zero-order valence-electron chi connectivity index (χ0n) is 18.4. The zero-order valence-corrected chi connectivity index (χ0v) is 20.0. The highest BCUT2D eigenvalue weighted by Crippen LogP contribution is 2.33. The van der Waals surface area contributed by atoms with Gasteiger partial charge in [-0.05, 0) is 44.6 Å². The van der Waals surface area contributed by atoms with Crippen LogP contribution in [0.4, 0.5) is 0 Å². The third kappa shape index (κ3) is 5.53. The number of amides is 1. The first-order valence-electron chi connectivity index (χ1n) is 10.9. The van der Waals surface area contributed by atoms with Crippen LogP contribution in [0.15, 0.2) is 39.1 Å². The van der Waals surface area contributed by atoms with Gasteiger partial charge in [-0.2, -0.15) is 0 Å². The molecule has 1 amide bonds. The standard InChI is InChI=1S/C22H28N6O2S2/c1-15-13-16(27-30-15)14-32-21-18(9-5-12-24-21)20(29)23-11-6-10-19-25-26-22(31-2)28(19)17-7-3-4-8-17/h5,9,12-13,17H,3-4,6-8,10-11,14H2,1-2H3,(H,23,29). The zero-order chi connectivity index (χ0) is 22.3. The average molecular weight is 473 g/mol. The summed E-state index contributed by atoms with van der Waals surface area (Å²) >= 11 is 3.13. The van der Waals surface area contributed by atoms with Crippen molar-refractivity contribution in [1.29, 1.82) is 0 Å². The van der Waals surface area contributed by atoms with Crippen LogP contribution in [0.5, 0.6) is 0 Å². The van der Waals surface area contributed by atoms with Crippen LogP contribution in [0.3, 0.4) is 0 Å². The number of nitrogens with zero attached hydrogens (tertiary/aromatic N) is 5. The molecule has 0 atom stereocenters. The third-order valence-electron chi connectivity index (χ3n) is 5.52. The van der Waals surface area contributed by atoms with Crippen molar-refractivity contribution in [2.75, 3.05) is 12.8 Å². The molecule has 1 saturated carbocycles. The second-order valence-electron chi connectivity index (χ2n) is 7.84. The predicted molar refractivity (Wildman–Crippen MR) is 125 cm³/mol. The molecule has 1 aliphatic rings. The van der Waals surface area contributed by atoms with Crippen LogP contribution in [-0.2, 0) is 12.2 Å². The second-order valence-corrected chi connectivity index (χ2v) is 9.58. The van der Waals surface area contributed by atoms with Crippen LogP contribution in [0, 0.1) is 6.92 Å². The summed E-state index contributed by atoms with van der Waals surface area (Å²) in [6.45, 7) is 2.44. The Hall–Kier alpha value is -2.33. The maximum absolute atomic E-state index is 12.8. The van der Waals surface area contributed by atoms with Crippen molar-refractivity contribution in [2.24, 2.45) is 0 Å². The van der Waals surface area contributed by atoms with Gasteiger partial charge in [0.05, 0.1) is 11.3 Å². The predicted octanol–water partition coefficient (Wildman–Crippen LogP) is 4.46. The minimum absolute atomic E-state index is 0.112. The minimum Gasteiger partial charge on any atom is -0.361 e. The highest BCUT2D eigenvalue weighted by atomic mass is 32.2. The van der Waals surface area contributed by atoms with Crippen molar-refractivity contribution in [1.82, 2.24) is 30.2 Å². The lowest BCUT2D eigenvalue weighted by Gasteiger charge is -2.16. The van der Waals surface area contributed by atoms with Crippen LogP contribution in [0.1, 0.15) is 65.8 Å². The number of hydrogen-bond acceptors (Lipinski definition) is 8. The fourth-order valence-corrected chi connectivity index (χ4v) is 5.44. The normalized spacial score (nSPS) is 14.2. The van der Waals surface area contributed by atoms with E-state index in [0.717, 1.165) is 35.3 Å². The van der Waals surface area contributed by atoms with Gasteiger partial charge in [0, 0.05) is 37.0 Å². The molecular weight excluding hydrogens is 444 g/mol. The van der Waals surface area contributed by atoms with Gasteiger partial charge in [-0.1, -0.05) is 41.5 Å². The van der Waals surface area contributed by atoms with Gasteiger partial charge in [0.15, 0.2) is 5.16 Å². The van der Waals surface area contributed by atoms with E-state index >= 15 is 0 Å². The SMILES string of the molecule is CSc1nnc(CCCNC(=O)c2cccnc2SCc2cc(C)on2)n1C1CCCC1. The summed E-state index contributed by atoms with van der Waals surface area (Å²) < 4.78 is 7.43. The molecule has 1 aliphatic carbocycles. The molecule has 32 heavy (non-hydrogen) atoms. The molecule has 8 nitrogen and oxygen atoms in total. The summed E-state index contributed by atoms with van der Waals surface area (Å²) in [5.41, 5.74) is 1.41. The van der Waals surface area contributed by atoms with E-state index in [2.05, 4.69) is 30.2 Å². The molecule has 0 aliphatic heterocycles. The van der Waals surface area contributed by atoms with Crippen molar-refractivity contribution < 1.29 is 9.32 Å². The topological polar surface area (TPSA) is 98.7 Å². The van der Waals surface area contributed by atoms with Crippen LogP contribution in [0.2, 0.25) is 0 Å². The monoisotopic (exact) mass is 472 g/mol. The Morgan fingerprint density at radius 3 is 2.91 bits per heavy atom. The van der Waals surface area contributed by atoms with Crippen LogP contribution in [-0.4, -0.2) is 43.6 Å². The first kappa shape index (κ1) is 22.8. The van der Waals surface area contributed by atoms with Gasteiger partial charge in [-0.25, -0.2) is 4.98 Å². The van der Waals surface area contributed by atoms with Crippen LogP contribution < -0.4 is 5.32 Å². The van der Waals surface area contributed by atoms with Crippen molar-refractivity contribution >= 4 is 29.4 Å². The molecule has 0 bridgehead atoms. The van der Waals surface area contributed by atoms with Gasteiger partial charge in [-0.15, -0.1) is 10.2 Å². The van der Waals surface area contributed by atoms with Gasteiger partial charge in [-0.3, -0.25) is 4.79 Å². The molecule has 0 radical (unpaired) electrons. The number of pyridine rings is 1. The number of nitrogens with one attached hydrogen (secondary N) is 1. The number of carbonyl (C=O) groups is 1. The second kappa shape index (κ2) is 11.0. The van der Waals surface area contributed by atoms with Gasteiger partial charge >= 0.3 is 0 Å². The fourth-order valence-electron chi connectivity index (χ4n) is 4.00. The molecule has 0 saturated heterocycles. The van der Waals surface area contributed by atoms with E-state index in [-0.39, 0.29) is 5.91 Å². The van der Waals surface area contributed by atoms with Gasteiger partial charge < -0.3 is 14.4 Å². The van der Waals surface area contributed by atoms with Gasteiger partial charge in [0.25, 0.3) is 5.91 Å². The first-order chi connectivity index (χ1) is 15.7. The quantitative estimate of drug-likeness (QED) is 0.341. The maximum atomic E-state index is 12.8. The van der Waals surface area contributed by atoms with Crippen molar-refractivity contribution in [3.05, 3.63) is 47.2 Å². The summed E-state index contributed by atoms with van der Waals surface area (Å²) in [5.74, 6) is 2.28. The Balaban J connectivity index is 1.31. The van der Waals surface area contributed by atoms with Crippen LogP contribution >= 0.6 is 23.5 Å². The molecule has 0 unspecified atom stereocenters. The van der Waals surface area contributed by atoms with Gasteiger partial charge in [0.1, 0.15) is 16.6 Å². The lowest BCUT2D eigenvalue weighted by atomic mass is 10.2. The number of hydrogen-bond donors (Lipinski definition) is 1. The van der Waals surface area contributed by atoms with Crippen molar-refractivity contribution in [3.8, 4) is 0 Å². The van der Waals surface area contributed by atoms with E-state index in [1.54, 1.807) is 30.1 Å². The molecule has 4 rings (SSSR count). The Kier molecular flexibility index (Phi) is 7.85. The lowest BCUT2D eigenvalue weighted by Crippen LogP contribution is -2.26. The molecule has 0 spiro atoms. The Morgan fingerprint density at radius 2 is 2.16 bits per heavy atom. The summed E-state index contributed by atoms with van der Waals surface area (Å²) in [5, 5.41) is 17.5. The summed E-state index contributed by atoms with van der Waals surface area (Å²) in [6, 6.07) is 6.00. The van der Waals surface area contributed by atoms with Gasteiger partial charge in [0.2, 0.25) is 0 Å². The highest BCUT2D eigenvalue weighted by molar-refractivity contribution is 7.98. The lowest BCUT2D eigenvalue weighted by molar-refractivity contribution is 0.0949. The highest BCUT2D eigenvalue weighted by Gasteiger charge is 2.23. The molecule has 170 valence electrons. The maximum Gasteiger partial charge on any atom is 0.254 e. The molecular formula is C22H28N6O2S2. The molecule has 10 heteroatoms. The summed E-state index contributed by atoms with van der Waals surface area (Å²) in [6.07, 6.45) is 10.3. The van der Waals surface area contributed by atoms with E-state index in [9.17, 15) is 4.79 Å². The fraction of sp³-hybridized carbons (Fsp3) is 0.500. The number of aromatic nitrogens is 5. The minimum atomic E-state index is -0.112. The van der Waals surface area contributed by atoms with E-state index in [4.69, 9.17) is 4.52 Å². The number of carbonyl (C=O) groups excluding carboxylic acids is 1. The smallest absolute Gasteiger partial charge is 0.254 e. The summed E-state index contributed by atoms with van der Waals surface area (Å²) in [7, 11) is 0. The Morgan fingerprint density at radius 1 is 1.31 bits per heavy atom. The van der Waals surface area contributed by atoms with Crippen LogP contribution in [0.25, 0.3) is 0 Å². The van der Waals surface area contributed by atoms with Crippen molar-refractivity contribution in [3.63, 3.8) is 0 Å². The number of thioether (sulfide) groups is 2. The van der Waals surface area contributed by atoms with E-state index in [1.165, 1.54) is 37.4 Å². The van der Waals surface area contributed by atoms with E-state index in [1.807, 2.05) is 19.2 Å². The molecule has 1 N–H and O–H groups in total. The molecule has 3 heterocycles. The van der Waals surface area contributed by atoms with E-state index < -0.39 is 0 Å². The first-order valence-corrected chi connectivity index (χ1v) is 13.1.